The quantitative estimate of drug-likeness (QED) is 0.614. The van der Waals surface area contributed by atoms with E-state index in [9.17, 15) is 4.79 Å². The molecule has 0 aromatic carbocycles. The van der Waals surface area contributed by atoms with Crippen LogP contribution in [-0.4, -0.2) is 25.8 Å². The summed E-state index contributed by atoms with van der Waals surface area (Å²) in [7, 11) is 1.60. The highest BCUT2D eigenvalue weighted by Crippen LogP contribution is 2.38. The molecule has 0 aromatic rings. The average Bonchev–Trinajstić information content (AvgIpc) is 2.48. The maximum Gasteiger partial charge on any atom is 0.161 e. The molecule has 3 heteroatoms. The topological polar surface area (TPSA) is 35.5 Å². The Morgan fingerprint density at radius 3 is 3.15 bits per heavy atom. The number of carbonyl (C=O) groups excluding carboxylic acids is 1. The molecule has 1 fully saturated rings. The second-order valence-corrected chi connectivity index (χ2v) is 3.71. The van der Waals surface area contributed by atoms with Crippen LogP contribution in [0.1, 0.15) is 12.8 Å². The maximum atomic E-state index is 11.4. The summed E-state index contributed by atoms with van der Waals surface area (Å²) in [4.78, 5) is 11.4. The van der Waals surface area contributed by atoms with E-state index < -0.39 is 0 Å². The Morgan fingerprint density at radius 2 is 2.38 bits per heavy atom. The van der Waals surface area contributed by atoms with Crippen LogP contribution < -0.4 is 0 Å². The minimum Gasteiger partial charge on any atom is -0.359 e. The Labute approximate surface area is 77.7 Å². The molecular formula is C10H14O3. The second kappa shape index (κ2) is 3.60. The third kappa shape index (κ3) is 1.67. The summed E-state index contributed by atoms with van der Waals surface area (Å²) in [6, 6.07) is 0. The van der Waals surface area contributed by atoms with Gasteiger partial charge in [0.15, 0.2) is 5.78 Å². The summed E-state index contributed by atoms with van der Waals surface area (Å²) in [6.07, 6.45) is 5.72. The minimum absolute atomic E-state index is 0.0763. The van der Waals surface area contributed by atoms with E-state index in [1.165, 1.54) is 0 Å². The molecule has 2 bridgehead atoms. The van der Waals surface area contributed by atoms with Crippen LogP contribution in [0.5, 0.6) is 0 Å². The van der Waals surface area contributed by atoms with Crippen LogP contribution in [0.15, 0.2) is 12.2 Å². The van der Waals surface area contributed by atoms with E-state index >= 15 is 0 Å². The van der Waals surface area contributed by atoms with E-state index in [-0.39, 0.29) is 17.8 Å². The van der Waals surface area contributed by atoms with E-state index in [1.807, 2.05) is 6.08 Å². The number of ketones is 1. The van der Waals surface area contributed by atoms with Gasteiger partial charge in [-0.2, -0.15) is 0 Å². The molecule has 3 nitrogen and oxygen atoms in total. The van der Waals surface area contributed by atoms with Crippen molar-refractivity contribution >= 4 is 5.78 Å². The van der Waals surface area contributed by atoms with Crippen LogP contribution in [0.2, 0.25) is 0 Å². The molecule has 2 rings (SSSR count). The lowest BCUT2D eigenvalue weighted by Crippen LogP contribution is -2.25. The SMILES string of the molecule is COCO[C@@H]1C[C@H]2C=CC(=O)[C@@H]1C2. The van der Waals surface area contributed by atoms with E-state index in [0.717, 1.165) is 12.8 Å². The fourth-order valence-electron chi connectivity index (χ4n) is 2.19. The number of allylic oxidation sites excluding steroid dienone is 2. The van der Waals surface area contributed by atoms with Gasteiger partial charge in [0, 0.05) is 13.0 Å². The summed E-state index contributed by atoms with van der Waals surface area (Å²) in [5.74, 6) is 0.851. The van der Waals surface area contributed by atoms with Gasteiger partial charge in [0.25, 0.3) is 0 Å². The van der Waals surface area contributed by atoms with Gasteiger partial charge >= 0.3 is 0 Å². The third-order valence-electron chi connectivity index (χ3n) is 2.84. The Morgan fingerprint density at radius 1 is 1.54 bits per heavy atom. The second-order valence-electron chi connectivity index (χ2n) is 3.71. The Hall–Kier alpha value is -0.670. The van der Waals surface area contributed by atoms with Gasteiger partial charge in [-0.05, 0) is 24.8 Å². The molecule has 0 amide bonds. The van der Waals surface area contributed by atoms with Crippen molar-refractivity contribution in [2.45, 2.75) is 18.9 Å². The first-order valence-electron chi connectivity index (χ1n) is 4.64. The van der Waals surface area contributed by atoms with Crippen LogP contribution in [0.25, 0.3) is 0 Å². The molecule has 1 saturated carbocycles. The molecule has 2 aliphatic carbocycles. The molecule has 3 atom stereocenters. The van der Waals surface area contributed by atoms with E-state index in [2.05, 4.69) is 0 Å². The molecular weight excluding hydrogens is 168 g/mol. The first-order valence-corrected chi connectivity index (χ1v) is 4.64. The molecule has 0 radical (unpaired) electrons. The largest absolute Gasteiger partial charge is 0.359 e. The lowest BCUT2D eigenvalue weighted by molar-refractivity contribution is -0.127. The van der Waals surface area contributed by atoms with Crippen LogP contribution in [0.4, 0.5) is 0 Å². The zero-order valence-electron chi connectivity index (χ0n) is 7.73. The van der Waals surface area contributed by atoms with Crippen molar-refractivity contribution in [2.24, 2.45) is 11.8 Å². The Bertz CT molecular complexity index is 234. The first kappa shape index (κ1) is 8.91. The number of hydrogen-bond donors (Lipinski definition) is 0. The van der Waals surface area contributed by atoms with Gasteiger partial charge in [-0.15, -0.1) is 0 Å². The van der Waals surface area contributed by atoms with Crippen molar-refractivity contribution in [1.29, 1.82) is 0 Å². The van der Waals surface area contributed by atoms with E-state index in [4.69, 9.17) is 9.47 Å². The van der Waals surface area contributed by atoms with Crippen molar-refractivity contribution in [2.75, 3.05) is 13.9 Å². The van der Waals surface area contributed by atoms with Crippen molar-refractivity contribution in [1.82, 2.24) is 0 Å². The van der Waals surface area contributed by atoms with Gasteiger partial charge in [-0.3, -0.25) is 4.79 Å². The van der Waals surface area contributed by atoms with Gasteiger partial charge in [-0.1, -0.05) is 6.08 Å². The molecule has 0 spiro atoms. The molecule has 0 aliphatic heterocycles. The van der Waals surface area contributed by atoms with Crippen LogP contribution in [0, 0.1) is 11.8 Å². The summed E-state index contributed by atoms with van der Waals surface area (Å²) in [6.45, 7) is 0.293. The van der Waals surface area contributed by atoms with E-state index in [1.54, 1.807) is 13.2 Å². The van der Waals surface area contributed by atoms with Gasteiger partial charge in [-0.25, -0.2) is 0 Å². The van der Waals surface area contributed by atoms with Crippen molar-refractivity contribution in [3.63, 3.8) is 0 Å². The summed E-state index contributed by atoms with van der Waals surface area (Å²) in [5.41, 5.74) is 0. The normalized spacial score (nSPS) is 37.0. The Kier molecular flexibility index (Phi) is 2.47. The highest BCUT2D eigenvalue weighted by Gasteiger charge is 2.39. The molecule has 0 saturated heterocycles. The molecule has 2 aliphatic rings. The number of methoxy groups -OCH3 is 1. The number of rotatable bonds is 3. The monoisotopic (exact) mass is 182 g/mol. The van der Waals surface area contributed by atoms with Gasteiger partial charge in [0.05, 0.1) is 6.10 Å². The highest BCUT2D eigenvalue weighted by atomic mass is 16.7. The molecule has 0 unspecified atom stereocenters. The number of fused-ring (bicyclic) bond motifs is 2. The summed E-state index contributed by atoms with van der Waals surface area (Å²) >= 11 is 0. The number of carbonyl (C=O) groups is 1. The third-order valence-corrected chi connectivity index (χ3v) is 2.84. The smallest absolute Gasteiger partial charge is 0.161 e. The molecule has 0 aromatic heterocycles. The van der Waals surface area contributed by atoms with Crippen molar-refractivity contribution in [3.05, 3.63) is 12.2 Å². The van der Waals surface area contributed by atoms with E-state index in [0.29, 0.717) is 12.7 Å². The lowest BCUT2D eigenvalue weighted by Gasteiger charge is -2.17. The van der Waals surface area contributed by atoms with Gasteiger partial charge in [0.1, 0.15) is 6.79 Å². The predicted molar refractivity (Wildman–Crippen MR) is 47.1 cm³/mol. The summed E-state index contributed by atoms with van der Waals surface area (Å²) in [5, 5.41) is 0. The fourth-order valence-corrected chi connectivity index (χ4v) is 2.19. The maximum absolute atomic E-state index is 11.4. The van der Waals surface area contributed by atoms with Gasteiger partial charge in [0.2, 0.25) is 0 Å². The van der Waals surface area contributed by atoms with Crippen LogP contribution >= 0.6 is 0 Å². The highest BCUT2D eigenvalue weighted by molar-refractivity contribution is 5.93. The zero-order valence-corrected chi connectivity index (χ0v) is 7.73. The molecule has 72 valence electrons. The fraction of sp³-hybridized carbons (Fsp3) is 0.700. The predicted octanol–water partition coefficient (Wildman–Crippen LogP) is 1.14. The standard InChI is InChI=1S/C10H14O3/c1-12-6-13-10-5-7-2-3-9(11)8(10)4-7/h2-3,7-8,10H,4-6H2,1H3/t7-,8-,10+/m0/s1. The van der Waals surface area contributed by atoms with Crippen LogP contribution in [-0.2, 0) is 14.3 Å². The number of ether oxygens (including phenoxy) is 2. The van der Waals surface area contributed by atoms with Crippen molar-refractivity contribution < 1.29 is 14.3 Å². The van der Waals surface area contributed by atoms with Crippen molar-refractivity contribution in [3.8, 4) is 0 Å². The first-order chi connectivity index (χ1) is 6.31. The molecule has 0 heterocycles. The summed E-state index contributed by atoms with van der Waals surface area (Å²) < 4.78 is 10.3. The Balaban J connectivity index is 1.98. The minimum atomic E-state index is 0.0763. The lowest BCUT2D eigenvalue weighted by atomic mass is 9.94. The zero-order chi connectivity index (χ0) is 9.26. The van der Waals surface area contributed by atoms with Crippen LogP contribution in [0.3, 0.4) is 0 Å². The number of hydrogen-bond acceptors (Lipinski definition) is 3. The molecule has 0 N–H and O–H groups in total. The van der Waals surface area contributed by atoms with Gasteiger partial charge < -0.3 is 9.47 Å². The molecule has 13 heavy (non-hydrogen) atoms. The average molecular weight is 182 g/mol.